The van der Waals surface area contributed by atoms with Crippen molar-refractivity contribution in [2.75, 3.05) is 13.4 Å². The molecule has 3 nitrogen and oxygen atoms in total. The third-order valence-corrected chi connectivity index (χ3v) is 3.03. The maximum Gasteiger partial charge on any atom is 0.189 e. The van der Waals surface area contributed by atoms with Crippen LogP contribution in [0.5, 0.6) is 5.75 Å². The molecule has 2 rings (SSSR count). The number of aliphatic hydroxyl groups is 1. The number of ether oxygens (including phenoxy) is 2. The summed E-state index contributed by atoms with van der Waals surface area (Å²) >= 11 is 0. The van der Waals surface area contributed by atoms with Crippen LogP contribution in [-0.2, 0) is 4.74 Å². The van der Waals surface area contributed by atoms with Crippen LogP contribution < -0.4 is 4.74 Å². The summed E-state index contributed by atoms with van der Waals surface area (Å²) in [6, 6.07) is 5.71. The van der Waals surface area contributed by atoms with E-state index in [0.717, 1.165) is 29.4 Å². The fraction of sp³-hybridized carbons (Fsp3) is 0.571. The van der Waals surface area contributed by atoms with E-state index in [0.29, 0.717) is 6.79 Å². The minimum Gasteiger partial charge on any atom is -0.467 e. The maximum atomic E-state index is 9.46. The quantitative estimate of drug-likeness (QED) is 0.609. The first kappa shape index (κ1) is 12.4. The molecule has 0 spiro atoms. The SMILES string of the molecule is Cc1cc(C(C)O)ccc1OCOCC1CC1. The molecule has 0 saturated heterocycles. The Morgan fingerprint density at radius 3 is 2.76 bits per heavy atom. The molecule has 1 aliphatic rings. The number of aryl methyl sites for hydroxylation is 1. The van der Waals surface area contributed by atoms with Crippen LogP contribution in [0.2, 0.25) is 0 Å². The fourth-order valence-electron chi connectivity index (χ4n) is 1.70. The second-order valence-corrected chi connectivity index (χ2v) is 4.78. The van der Waals surface area contributed by atoms with Gasteiger partial charge >= 0.3 is 0 Å². The van der Waals surface area contributed by atoms with E-state index in [1.165, 1.54) is 12.8 Å². The molecule has 1 aliphatic carbocycles. The zero-order chi connectivity index (χ0) is 12.3. The summed E-state index contributed by atoms with van der Waals surface area (Å²) in [5.41, 5.74) is 1.94. The molecule has 0 aliphatic heterocycles. The average Bonchev–Trinajstić information content (AvgIpc) is 3.09. The zero-order valence-corrected chi connectivity index (χ0v) is 10.5. The van der Waals surface area contributed by atoms with Crippen LogP contribution in [0.3, 0.4) is 0 Å². The average molecular weight is 236 g/mol. The normalized spacial score (nSPS) is 16.9. The van der Waals surface area contributed by atoms with Crippen LogP contribution >= 0.6 is 0 Å². The van der Waals surface area contributed by atoms with Gasteiger partial charge in [-0.15, -0.1) is 0 Å². The Balaban J connectivity index is 1.82. The Labute approximate surface area is 102 Å². The summed E-state index contributed by atoms with van der Waals surface area (Å²) in [6.45, 7) is 4.85. The van der Waals surface area contributed by atoms with Crippen LogP contribution in [0.1, 0.15) is 37.0 Å². The van der Waals surface area contributed by atoms with Gasteiger partial charge in [-0.25, -0.2) is 0 Å². The molecule has 1 atom stereocenters. The van der Waals surface area contributed by atoms with Crippen LogP contribution in [-0.4, -0.2) is 18.5 Å². The molecule has 1 aromatic carbocycles. The molecule has 0 heterocycles. The van der Waals surface area contributed by atoms with E-state index < -0.39 is 6.10 Å². The Morgan fingerprint density at radius 2 is 2.18 bits per heavy atom. The molecule has 0 amide bonds. The van der Waals surface area contributed by atoms with Gasteiger partial charge in [0.25, 0.3) is 0 Å². The predicted octanol–water partition coefficient (Wildman–Crippen LogP) is 2.81. The van der Waals surface area contributed by atoms with E-state index in [1.54, 1.807) is 6.92 Å². The van der Waals surface area contributed by atoms with E-state index >= 15 is 0 Å². The molecule has 94 valence electrons. The fourth-order valence-corrected chi connectivity index (χ4v) is 1.70. The number of aliphatic hydroxyl groups excluding tert-OH is 1. The topological polar surface area (TPSA) is 38.7 Å². The van der Waals surface area contributed by atoms with E-state index in [-0.39, 0.29) is 0 Å². The highest BCUT2D eigenvalue weighted by Crippen LogP contribution is 2.29. The van der Waals surface area contributed by atoms with Gasteiger partial charge in [-0.3, -0.25) is 0 Å². The van der Waals surface area contributed by atoms with Gasteiger partial charge in [-0.05, 0) is 55.9 Å². The van der Waals surface area contributed by atoms with Gasteiger partial charge in [0.1, 0.15) is 5.75 Å². The second-order valence-electron chi connectivity index (χ2n) is 4.78. The van der Waals surface area contributed by atoms with Crippen LogP contribution in [0.15, 0.2) is 18.2 Å². The van der Waals surface area contributed by atoms with Crippen molar-refractivity contribution < 1.29 is 14.6 Å². The summed E-state index contributed by atoms with van der Waals surface area (Å²) in [4.78, 5) is 0. The van der Waals surface area contributed by atoms with E-state index in [1.807, 2.05) is 25.1 Å². The van der Waals surface area contributed by atoms with Crippen molar-refractivity contribution in [3.05, 3.63) is 29.3 Å². The van der Waals surface area contributed by atoms with Gasteiger partial charge in [0.2, 0.25) is 0 Å². The summed E-state index contributed by atoms with van der Waals surface area (Å²) < 4.78 is 11.0. The van der Waals surface area contributed by atoms with Gasteiger partial charge in [0.05, 0.1) is 12.7 Å². The van der Waals surface area contributed by atoms with Crippen molar-refractivity contribution in [2.24, 2.45) is 5.92 Å². The Kier molecular flexibility index (Phi) is 4.02. The van der Waals surface area contributed by atoms with E-state index in [2.05, 4.69) is 0 Å². The second kappa shape index (κ2) is 5.52. The smallest absolute Gasteiger partial charge is 0.189 e. The minimum absolute atomic E-state index is 0.311. The number of rotatable bonds is 6. The number of hydrogen-bond acceptors (Lipinski definition) is 3. The molecule has 1 N–H and O–H groups in total. The Hall–Kier alpha value is -1.06. The third kappa shape index (κ3) is 3.72. The van der Waals surface area contributed by atoms with E-state index in [9.17, 15) is 5.11 Å². The summed E-state index contributed by atoms with van der Waals surface area (Å²) in [5, 5.41) is 9.46. The van der Waals surface area contributed by atoms with Crippen LogP contribution in [0.4, 0.5) is 0 Å². The molecular formula is C14H20O3. The molecule has 1 unspecified atom stereocenters. The molecular weight excluding hydrogens is 216 g/mol. The van der Waals surface area contributed by atoms with Gasteiger partial charge in [-0.2, -0.15) is 0 Å². The molecule has 1 saturated carbocycles. The number of hydrogen-bond donors (Lipinski definition) is 1. The lowest BCUT2D eigenvalue weighted by Crippen LogP contribution is -2.06. The molecule has 0 aromatic heterocycles. The van der Waals surface area contributed by atoms with E-state index in [4.69, 9.17) is 9.47 Å². The maximum absolute atomic E-state index is 9.46. The lowest BCUT2D eigenvalue weighted by molar-refractivity contribution is 0.00958. The molecule has 3 heteroatoms. The molecule has 17 heavy (non-hydrogen) atoms. The first-order valence-electron chi connectivity index (χ1n) is 6.16. The van der Waals surface area contributed by atoms with Gasteiger partial charge < -0.3 is 14.6 Å². The van der Waals surface area contributed by atoms with Crippen LogP contribution in [0.25, 0.3) is 0 Å². The standard InChI is InChI=1S/C14H20O3/c1-10-7-13(11(2)15)5-6-14(10)17-9-16-8-12-3-4-12/h5-7,11-12,15H,3-4,8-9H2,1-2H3. The van der Waals surface area contributed by atoms with Crippen molar-refractivity contribution in [1.29, 1.82) is 0 Å². The van der Waals surface area contributed by atoms with Crippen molar-refractivity contribution in [3.8, 4) is 5.75 Å². The Bertz CT molecular complexity index is 370. The Morgan fingerprint density at radius 1 is 1.41 bits per heavy atom. The first-order chi connectivity index (χ1) is 8.16. The minimum atomic E-state index is -0.436. The summed E-state index contributed by atoms with van der Waals surface area (Å²) in [5.74, 6) is 1.59. The van der Waals surface area contributed by atoms with Crippen molar-refractivity contribution in [1.82, 2.24) is 0 Å². The summed E-state index contributed by atoms with van der Waals surface area (Å²) in [6.07, 6.45) is 2.15. The zero-order valence-electron chi connectivity index (χ0n) is 10.5. The van der Waals surface area contributed by atoms with Gasteiger partial charge in [0.15, 0.2) is 6.79 Å². The third-order valence-electron chi connectivity index (χ3n) is 3.03. The number of benzene rings is 1. The highest BCUT2D eigenvalue weighted by atomic mass is 16.7. The predicted molar refractivity (Wildman–Crippen MR) is 66.0 cm³/mol. The summed E-state index contributed by atoms with van der Waals surface area (Å²) in [7, 11) is 0. The molecule has 1 fully saturated rings. The van der Waals surface area contributed by atoms with Crippen molar-refractivity contribution in [3.63, 3.8) is 0 Å². The lowest BCUT2D eigenvalue weighted by atomic mass is 10.1. The lowest BCUT2D eigenvalue weighted by Gasteiger charge is -2.12. The molecule has 0 radical (unpaired) electrons. The highest BCUT2D eigenvalue weighted by molar-refractivity contribution is 5.36. The highest BCUT2D eigenvalue weighted by Gasteiger charge is 2.21. The molecule has 0 bridgehead atoms. The van der Waals surface area contributed by atoms with Gasteiger partial charge in [0, 0.05) is 0 Å². The monoisotopic (exact) mass is 236 g/mol. The largest absolute Gasteiger partial charge is 0.467 e. The van der Waals surface area contributed by atoms with Crippen molar-refractivity contribution >= 4 is 0 Å². The first-order valence-corrected chi connectivity index (χ1v) is 6.16. The molecule has 1 aromatic rings. The van der Waals surface area contributed by atoms with Crippen LogP contribution in [0, 0.1) is 12.8 Å². The van der Waals surface area contributed by atoms with Gasteiger partial charge in [-0.1, -0.05) is 6.07 Å². The van der Waals surface area contributed by atoms with Crippen molar-refractivity contribution in [2.45, 2.75) is 32.8 Å².